The highest BCUT2D eigenvalue weighted by Crippen LogP contribution is 2.28. The second-order valence-electron chi connectivity index (χ2n) is 8.52. The van der Waals surface area contributed by atoms with Crippen molar-refractivity contribution in [1.29, 1.82) is 0 Å². The molecule has 3 rings (SSSR count). The minimum absolute atomic E-state index is 0. The second-order valence-corrected chi connectivity index (χ2v) is 8.52. The fourth-order valence-corrected chi connectivity index (χ4v) is 4.77. The van der Waals surface area contributed by atoms with Crippen LogP contribution in [0.2, 0.25) is 0 Å². The number of hydrogen-bond donors (Lipinski definition) is 3. The number of carbonyl (C=O) groups is 2. The van der Waals surface area contributed by atoms with Crippen molar-refractivity contribution in [2.24, 2.45) is 16.8 Å². The molecule has 166 valence electrons. The molecule has 0 aromatic heterocycles. The molecule has 0 bridgehead atoms. The Labute approximate surface area is 192 Å². The van der Waals surface area contributed by atoms with Crippen LogP contribution >= 0.6 is 24.0 Å². The number of halogens is 1. The first-order valence-corrected chi connectivity index (χ1v) is 11.2. The molecule has 0 aromatic carbocycles. The van der Waals surface area contributed by atoms with Crippen molar-refractivity contribution in [3.8, 4) is 0 Å². The fourth-order valence-electron chi connectivity index (χ4n) is 4.77. The van der Waals surface area contributed by atoms with E-state index < -0.39 is 0 Å². The summed E-state index contributed by atoms with van der Waals surface area (Å²) in [6.07, 6.45) is 11.1. The van der Waals surface area contributed by atoms with Crippen molar-refractivity contribution in [1.82, 2.24) is 20.9 Å². The van der Waals surface area contributed by atoms with Gasteiger partial charge in [-0.1, -0.05) is 32.1 Å². The number of aliphatic imine (C=N–C) groups is 1. The van der Waals surface area contributed by atoms with E-state index in [0.29, 0.717) is 19.0 Å². The Morgan fingerprint density at radius 1 is 0.897 bits per heavy atom. The maximum Gasteiger partial charge on any atom is 0.225 e. The van der Waals surface area contributed by atoms with E-state index in [1.165, 1.54) is 32.1 Å². The van der Waals surface area contributed by atoms with Crippen molar-refractivity contribution in [3.05, 3.63) is 0 Å². The molecule has 1 atom stereocenters. The van der Waals surface area contributed by atoms with Crippen LogP contribution in [0.3, 0.4) is 0 Å². The lowest BCUT2D eigenvalue weighted by Gasteiger charge is -2.22. The van der Waals surface area contributed by atoms with E-state index >= 15 is 0 Å². The monoisotopic (exact) mass is 519 g/mol. The Morgan fingerprint density at radius 2 is 1.52 bits per heavy atom. The maximum absolute atomic E-state index is 12.6. The molecule has 1 aliphatic heterocycles. The first-order valence-electron chi connectivity index (χ1n) is 11.2. The summed E-state index contributed by atoms with van der Waals surface area (Å²) in [4.78, 5) is 31.0. The van der Waals surface area contributed by atoms with Crippen molar-refractivity contribution in [2.75, 3.05) is 33.2 Å². The molecular formula is C21H38IN5O2. The van der Waals surface area contributed by atoms with Gasteiger partial charge in [-0.3, -0.25) is 14.6 Å². The van der Waals surface area contributed by atoms with Gasteiger partial charge in [0.15, 0.2) is 5.96 Å². The summed E-state index contributed by atoms with van der Waals surface area (Å²) in [7, 11) is 1.76. The van der Waals surface area contributed by atoms with E-state index in [2.05, 4.69) is 20.9 Å². The van der Waals surface area contributed by atoms with Crippen LogP contribution in [0, 0.1) is 11.8 Å². The summed E-state index contributed by atoms with van der Waals surface area (Å²) in [5.41, 5.74) is 0. The Kier molecular flexibility index (Phi) is 10.5. The average molecular weight is 519 g/mol. The Balaban J connectivity index is 0.00000300. The first-order chi connectivity index (χ1) is 13.7. The molecule has 2 amide bonds. The van der Waals surface area contributed by atoms with Gasteiger partial charge in [0, 0.05) is 51.1 Å². The normalized spacial score (nSPS) is 23.6. The van der Waals surface area contributed by atoms with Crippen molar-refractivity contribution >= 4 is 41.8 Å². The molecule has 2 saturated carbocycles. The predicted molar refractivity (Wildman–Crippen MR) is 126 cm³/mol. The Morgan fingerprint density at radius 3 is 2.21 bits per heavy atom. The SMILES string of the molecule is CN=C(NCCNC(=O)C1CCCCC1)NC1CCN(C(=O)C2CCCC2)C1.I. The molecule has 29 heavy (non-hydrogen) atoms. The molecule has 3 N–H and O–H groups in total. The second kappa shape index (κ2) is 12.6. The standard InChI is InChI=1S/C21H37N5O2.HI/c1-22-21(24-13-12-23-19(27)16-7-3-2-4-8-16)25-18-11-14-26(15-18)20(28)17-9-5-6-10-17;/h16-18H,2-15H2,1H3,(H,23,27)(H2,22,24,25);1H. The van der Waals surface area contributed by atoms with Gasteiger partial charge >= 0.3 is 0 Å². The molecule has 3 aliphatic rings. The molecule has 0 spiro atoms. The van der Waals surface area contributed by atoms with Crippen LogP contribution in [0.5, 0.6) is 0 Å². The number of amides is 2. The minimum atomic E-state index is 0. The molecule has 1 saturated heterocycles. The van der Waals surface area contributed by atoms with Gasteiger partial charge in [-0.15, -0.1) is 24.0 Å². The summed E-state index contributed by atoms with van der Waals surface area (Å²) in [5, 5.41) is 9.74. The lowest BCUT2D eigenvalue weighted by atomic mass is 9.89. The molecule has 0 radical (unpaired) electrons. The number of nitrogens with one attached hydrogen (secondary N) is 3. The van der Waals surface area contributed by atoms with Crippen molar-refractivity contribution in [3.63, 3.8) is 0 Å². The number of hydrogen-bond acceptors (Lipinski definition) is 3. The molecule has 7 nitrogen and oxygen atoms in total. The molecule has 8 heteroatoms. The lowest BCUT2D eigenvalue weighted by Crippen LogP contribution is -2.47. The number of guanidine groups is 1. The van der Waals surface area contributed by atoms with Gasteiger partial charge in [0.2, 0.25) is 11.8 Å². The van der Waals surface area contributed by atoms with Crippen LogP contribution in [0.1, 0.15) is 64.2 Å². The zero-order valence-electron chi connectivity index (χ0n) is 17.8. The summed E-state index contributed by atoms with van der Waals surface area (Å²) < 4.78 is 0. The van der Waals surface area contributed by atoms with E-state index in [4.69, 9.17) is 0 Å². The first kappa shape index (κ1) is 24.2. The third-order valence-corrected chi connectivity index (χ3v) is 6.46. The average Bonchev–Trinajstić information content (AvgIpc) is 3.42. The Hall–Kier alpha value is -1.06. The highest BCUT2D eigenvalue weighted by Gasteiger charge is 2.32. The summed E-state index contributed by atoms with van der Waals surface area (Å²) >= 11 is 0. The lowest BCUT2D eigenvalue weighted by molar-refractivity contribution is -0.134. The van der Waals surface area contributed by atoms with Crippen molar-refractivity contribution < 1.29 is 9.59 Å². The third kappa shape index (κ3) is 7.29. The van der Waals surface area contributed by atoms with Crippen LogP contribution < -0.4 is 16.0 Å². The number of carbonyl (C=O) groups excluding carboxylic acids is 2. The zero-order valence-corrected chi connectivity index (χ0v) is 20.1. The maximum atomic E-state index is 12.6. The van der Waals surface area contributed by atoms with Gasteiger partial charge in [-0.2, -0.15) is 0 Å². The van der Waals surface area contributed by atoms with Crippen LogP contribution in [-0.4, -0.2) is 61.9 Å². The molecule has 3 fully saturated rings. The van der Waals surface area contributed by atoms with E-state index in [1.807, 2.05) is 4.90 Å². The fraction of sp³-hybridized carbons (Fsp3) is 0.857. The summed E-state index contributed by atoms with van der Waals surface area (Å²) in [5.74, 6) is 1.74. The van der Waals surface area contributed by atoms with Crippen LogP contribution in [-0.2, 0) is 9.59 Å². The number of likely N-dealkylation sites (tertiary alicyclic amines) is 1. The van der Waals surface area contributed by atoms with Gasteiger partial charge in [-0.25, -0.2) is 0 Å². The molecule has 1 unspecified atom stereocenters. The number of nitrogens with zero attached hydrogens (tertiary/aromatic N) is 2. The summed E-state index contributed by atoms with van der Waals surface area (Å²) in [6, 6.07) is 0.244. The van der Waals surface area contributed by atoms with Crippen LogP contribution in [0.4, 0.5) is 0 Å². The third-order valence-electron chi connectivity index (χ3n) is 6.46. The van der Waals surface area contributed by atoms with Crippen LogP contribution in [0.25, 0.3) is 0 Å². The van der Waals surface area contributed by atoms with Gasteiger partial charge in [0.05, 0.1) is 0 Å². The number of rotatable bonds is 6. The Bertz CT molecular complexity index is 559. The molecule has 0 aromatic rings. The topological polar surface area (TPSA) is 85.8 Å². The highest BCUT2D eigenvalue weighted by atomic mass is 127. The van der Waals surface area contributed by atoms with Crippen LogP contribution in [0.15, 0.2) is 4.99 Å². The highest BCUT2D eigenvalue weighted by molar-refractivity contribution is 14.0. The smallest absolute Gasteiger partial charge is 0.225 e. The minimum Gasteiger partial charge on any atom is -0.355 e. The van der Waals surface area contributed by atoms with E-state index in [-0.39, 0.29) is 47.8 Å². The molecular weight excluding hydrogens is 481 g/mol. The van der Waals surface area contributed by atoms with Gasteiger partial charge in [0.25, 0.3) is 0 Å². The predicted octanol–water partition coefficient (Wildman–Crippen LogP) is 2.26. The molecule has 1 heterocycles. The van der Waals surface area contributed by atoms with E-state index in [1.54, 1.807) is 7.05 Å². The van der Waals surface area contributed by atoms with E-state index in [0.717, 1.165) is 51.2 Å². The largest absolute Gasteiger partial charge is 0.355 e. The summed E-state index contributed by atoms with van der Waals surface area (Å²) in [6.45, 7) is 2.85. The quantitative estimate of drug-likeness (QED) is 0.218. The van der Waals surface area contributed by atoms with Gasteiger partial charge < -0.3 is 20.9 Å². The van der Waals surface area contributed by atoms with Crippen molar-refractivity contribution in [2.45, 2.75) is 70.3 Å². The molecule has 2 aliphatic carbocycles. The van der Waals surface area contributed by atoms with Gasteiger partial charge in [0.1, 0.15) is 0 Å². The van der Waals surface area contributed by atoms with Gasteiger partial charge in [-0.05, 0) is 32.1 Å². The van der Waals surface area contributed by atoms with E-state index in [9.17, 15) is 9.59 Å². The zero-order chi connectivity index (χ0) is 19.8.